The lowest BCUT2D eigenvalue weighted by atomic mass is 10.2. The zero-order valence-corrected chi connectivity index (χ0v) is 14.8. The monoisotopic (exact) mass is 387 g/mol. The molecular formula is C19H16F3N5O. The molecule has 2 aromatic heterocycles. The van der Waals surface area contributed by atoms with Gasteiger partial charge in [-0.15, -0.1) is 0 Å². The second-order valence-corrected chi connectivity index (χ2v) is 5.93. The first-order chi connectivity index (χ1) is 13.3. The highest BCUT2D eigenvalue weighted by Gasteiger charge is 2.30. The predicted molar refractivity (Wildman–Crippen MR) is 96.9 cm³/mol. The summed E-state index contributed by atoms with van der Waals surface area (Å²) < 4.78 is 38.5. The number of carbonyl (C=O) groups is 1. The average Bonchev–Trinajstić information content (AvgIpc) is 2.66. The molecule has 0 fully saturated rings. The Morgan fingerprint density at radius 1 is 1.07 bits per heavy atom. The second-order valence-electron chi connectivity index (χ2n) is 5.93. The summed E-state index contributed by atoms with van der Waals surface area (Å²) in [5.74, 6) is -0.412. The van der Waals surface area contributed by atoms with Gasteiger partial charge in [-0.25, -0.2) is 9.97 Å². The van der Waals surface area contributed by atoms with Crippen molar-refractivity contribution in [1.82, 2.24) is 20.3 Å². The van der Waals surface area contributed by atoms with Crippen LogP contribution < -0.4 is 10.6 Å². The maximum absolute atomic E-state index is 12.8. The fraction of sp³-hybridized carbons (Fsp3) is 0.158. The molecular weight excluding hydrogens is 371 g/mol. The molecule has 2 N–H and O–H groups in total. The molecule has 1 aromatic carbocycles. The van der Waals surface area contributed by atoms with Crippen molar-refractivity contribution in [1.29, 1.82) is 0 Å². The van der Waals surface area contributed by atoms with E-state index in [-0.39, 0.29) is 23.9 Å². The van der Waals surface area contributed by atoms with Crippen LogP contribution in [0.5, 0.6) is 0 Å². The molecule has 0 aliphatic rings. The molecule has 0 unspecified atom stereocenters. The van der Waals surface area contributed by atoms with Crippen LogP contribution in [0.25, 0.3) is 0 Å². The Kier molecular flexibility index (Phi) is 5.53. The van der Waals surface area contributed by atoms with Crippen LogP contribution in [0.4, 0.5) is 24.8 Å². The van der Waals surface area contributed by atoms with Crippen LogP contribution in [-0.4, -0.2) is 20.9 Å². The molecule has 28 heavy (non-hydrogen) atoms. The molecule has 6 nitrogen and oxygen atoms in total. The topological polar surface area (TPSA) is 79.8 Å². The Hall–Kier alpha value is -3.49. The van der Waals surface area contributed by atoms with E-state index in [4.69, 9.17) is 0 Å². The van der Waals surface area contributed by atoms with Gasteiger partial charge in [0.05, 0.1) is 17.8 Å². The van der Waals surface area contributed by atoms with Gasteiger partial charge in [0.15, 0.2) is 0 Å². The lowest BCUT2D eigenvalue weighted by molar-refractivity contribution is -0.137. The van der Waals surface area contributed by atoms with E-state index in [1.165, 1.54) is 18.2 Å². The first-order valence-electron chi connectivity index (χ1n) is 8.29. The second kappa shape index (κ2) is 8.03. The molecule has 0 aliphatic heterocycles. The van der Waals surface area contributed by atoms with Gasteiger partial charge in [0, 0.05) is 17.6 Å². The number of aryl methyl sites for hydroxylation is 1. The van der Waals surface area contributed by atoms with E-state index >= 15 is 0 Å². The van der Waals surface area contributed by atoms with E-state index in [0.29, 0.717) is 11.4 Å². The van der Waals surface area contributed by atoms with Crippen LogP contribution in [0.2, 0.25) is 0 Å². The zero-order chi connectivity index (χ0) is 20.1. The Morgan fingerprint density at radius 2 is 1.89 bits per heavy atom. The molecule has 3 rings (SSSR count). The van der Waals surface area contributed by atoms with Gasteiger partial charge < -0.3 is 10.6 Å². The van der Waals surface area contributed by atoms with Crippen LogP contribution in [0, 0.1) is 6.92 Å². The quantitative estimate of drug-likeness (QED) is 0.695. The number of hydrogen-bond acceptors (Lipinski definition) is 5. The van der Waals surface area contributed by atoms with E-state index in [1.54, 1.807) is 31.3 Å². The summed E-state index contributed by atoms with van der Waals surface area (Å²) in [5.41, 5.74) is 0.646. The normalized spacial score (nSPS) is 11.1. The highest BCUT2D eigenvalue weighted by Crippen LogP contribution is 2.31. The number of pyridine rings is 1. The van der Waals surface area contributed by atoms with Gasteiger partial charge in [0.1, 0.15) is 5.69 Å². The van der Waals surface area contributed by atoms with E-state index in [1.807, 2.05) is 0 Å². The third-order valence-electron chi connectivity index (χ3n) is 3.69. The number of hydrogen-bond donors (Lipinski definition) is 2. The lowest BCUT2D eigenvalue weighted by Crippen LogP contribution is -2.24. The number of aromatic nitrogens is 3. The Bertz CT molecular complexity index is 977. The van der Waals surface area contributed by atoms with Crippen molar-refractivity contribution in [2.24, 2.45) is 0 Å². The highest BCUT2D eigenvalue weighted by molar-refractivity contribution is 5.92. The Morgan fingerprint density at radius 3 is 2.61 bits per heavy atom. The van der Waals surface area contributed by atoms with Crippen molar-refractivity contribution < 1.29 is 18.0 Å². The van der Waals surface area contributed by atoms with Gasteiger partial charge in [-0.1, -0.05) is 12.1 Å². The fourth-order valence-electron chi connectivity index (χ4n) is 2.41. The maximum atomic E-state index is 12.8. The van der Waals surface area contributed by atoms with E-state index in [2.05, 4.69) is 25.6 Å². The van der Waals surface area contributed by atoms with Crippen molar-refractivity contribution in [3.8, 4) is 0 Å². The fourth-order valence-corrected chi connectivity index (χ4v) is 2.41. The van der Waals surface area contributed by atoms with Crippen molar-refractivity contribution in [3.05, 3.63) is 77.4 Å². The molecule has 0 atom stereocenters. The van der Waals surface area contributed by atoms with Gasteiger partial charge in [-0.3, -0.25) is 9.78 Å². The van der Waals surface area contributed by atoms with Crippen LogP contribution in [0.1, 0.15) is 27.4 Å². The smallest absolute Gasteiger partial charge is 0.345 e. The number of amides is 1. The lowest BCUT2D eigenvalue weighted by Gasteiger charge is -2.11. The van der Waals surface area contributed by atoms with Gasteiger partial charge in [0.25, 0.3) is 5.91 Å². The predicted octanol–water partition coefficient (Wildman–Crippen LogP) is 3.87. The molecule has 1 amide bonds. The molecule has 2 heterocycles. The van der Waals surface area contributed by atoms with Crippen molar-refractivity contribution >= 4 is 17.5 Å². The van der Waals surface area contributed by atoms with Crippen LogP contribution >= 0.6 is 0 Å². The number of alkyl halides is 3. The number of carbonyl (C=O) groups excluding carboxylic acids is 1. The summed E-state index contributed by atoms with van der Waals surface area (Å²) in [5, 5.41) is 5.41. The van der Waals surface area contributed by atoms with Crippen LogP contribution in [0.3, 0.4) is 0 Å². The van der Waals surface area contributed by atoms with E-state index < -0.39 is 17.6 Å². The summed E-state index contributed by atoms with van der Waals surface area (Å²) in [6.45, 7) is 1.88. The zero-order valence-electron chi connectivity index (χ0n) is 14.8. The SMILES string of the molecule is Cc1cc(C(=O)NCc2ccccn2)nc(Nc2cccc(C(F)(F)F)c2)n1. The van der Waals surface area contributed by atoms with Crippen LogP contribution in [0.15, 0.2) is 54.7 Å². The molecule has 0 radical (unpaired) electrons. The minimum Gasteiger partial charge on any atom is -0.345 e. The first kappa shape index (κ1) is 19.3. The number of anilines is 2. The molecule has 144 valence electrons. The maximum Gasteiger partial charge on any atom is 0.416 e. The Labute approximate surface area is 158 Å². The number of halogens is 3. The molecule has 3 aromatic rings. The van der Waals surface area contributed by atoms with Crippen molar-refractivity contribution in [2.75, 3.05) is 5.32 Å². The minimum atomic E-state index is -4.46. The summed E-state index contributed by atoms with van der Waals surface area (Å²) in [7, 11) is 0. The summed E-state index contributed by atoms with van der Waals surface area (Å²) in [6.07, 6.45) is -2.84. The van der Waals surface area contributed by atoms with Crippen molar-refractivity contribution in [2.45, 2.75) is 19.6 Å². The number of nitrogens with one attached hydrogen (secondary N) is 2. The molecule has 0 saturated carbocycles. The number of nitrogens with zero attached hydrogens (tertiary/aromatic N) is 3. The molecule has 0 saturated heterocycles. The average molecular weight is 387 g/mol. The standard InChI is InChI=1S/C19H16F3N5O/c1-12-9-16(17(28)24-11-15-6-2-3-8-23-15)27-18(25-12)26-14-7-4-5-13(10-14)19(20,21)22/h2-10H,11H2,1H3,(H,24,28)(H,25,26,27). The molecule has 0 spiro atoms. The summed E-state index contributed by atoms with van der Waals surface area (Å²) in [4.78, 5) is 24.7. The number of benzene rings is 1. The largest absolute Gasteiger partial charge is 0.416 e. The van der Waals surface area contributed by atoms with E-state index in [9.17, 15) is 18.0 Å². The van der Waals surface area contributed by atoms with Crippen molar-refractivity contribution in [3.63, 3.8) is 0 Å². The third kappa shape index (κ3) is 5.03. The van der Waals surface area contributed by atoms with Gasteiger partial charge >= 0.3 is 6.18 Å². The van der Waals surface area contributed by atoms with Gasteiger partial charge in [-0.05, 0) is 43.3 Å². The molecule has 0 aliphatic carbocycles. The molecule has 0 bridgehead atoms. The highest BCUT2D eigenvalue weighted by atomic mass is 19.4. The summed E-state index contributed by atoms with van der Waals surface area (Å²) >= 11 is 0. The first-order valence-corrected chi connectivity index (χ1v) is 8.29. The molecule has 9 heteroatoms. The van der Waals surface area contributed by atoms with Gasteiger partial charge in [-0.2, -0.15) is 13.2 Å². The van der Waals surface area contributed by atoms with Gasteiger partial charge in [0.2, 0.25) is 5.95 Å². The number of rotatable bonds is 5. The van der Waals surface area contributed by atoms with E-state index in [0.717, 1.165) is 12.1 Å². The minimum absolute atomic E-state index is 0.0299. The summed E-state index contributed by atoms with van der Waals surface area (Å²) in [6, 6.07) is 11.5. The Balaban J connectivity index is 1.75. The third-order valence-corrected chi connectivity index (χ3v) is 3.69. The van der Waals surface area contributed by atoms with Crippen LogP contribution in [-0.2, 0) is 12.7 Å².